The zero-order valence-corrected chi connectivity index (χ0v) is 10.9. The van der Waals surface area contributed by atoms with Crippen LogP contribution in [0.2, 0.25) is 0 Å². The van der Waals surface area contributed by atoms with E-state index in [-0.39, 0.29) is 5.56 Å². The van der Waals surface area contributed by atoms with Crippen LogP contribution < -0.4 is 11.2 Å². The average molecular weight is 266 g/mol. The van der Waals surface area contributed by atoms with Gasteiger partial charge in [0.25, 0.3) is 5.56 Å². The van der Waals surface area contributed by atoms with Crippen LogP contribution in [0.25, 0.3) is 11.2 Å². The monoisotopic (exact) mass is 266 g/mol. The van der Waals surface area contributed by atoms with E-state index in [0.29, 0.717) is 11.2 Å². The van der Waals surface area contributed by atoms with Crippen LogP contribution in [0, 0.1) is 0 Å². The average Bonchev–Trinajstić information content (AvgIpc) is 2.65. The Balaban J connectivity index is 2.35. The van der Waals surface area contributed by atoms with E-state index in [1.54, 1.807) is 18.8 Å². The molecule has 0 unspecified atom stereocenters. The number of fused-ring (bicyclic) bond motifs is 3. The van der Waals surface area contributed by atoms with Crippen LogP contribution in [0.5, 0.6) is 0 Å². The van der Waals surface area contributed by atoms with Gasteiger partial charge in [-0.25, -0.2) is 9.78 Å². The first kappa shape index (κ1) is 11.6. The summed E-state index contributed by atoms with van der Waals surface area (Å²) < 4.78 is 3.34. The van der Waals surface area contributed by atoms with Crippen molar-refractivity contribution in [3.8, 4) is 0 Å². The van der Waals surface area contributed by atoms with Crippen molar-refractivity contribution in [2.75, 3.05) is 5.75 Å². The van der Waals surface area contributed by atoms with E-state index in [1.165, 1.54) is 11.0 Å². The molecule has 2 aromatic heterocycles. The fourth-order valence-electron chi connectivity index (χ4n) is 2.24. The molecule has 0 spiro atoms. The first-order valence-electron chi connectivity index (χ1n) is 6.01. The Kier molecular flexibility index (Phi) is 2.77. The molecule has 0 amide bonds. The molecular formula is C11H14N4O2S. The highest BCUT2D eigenvalue weighted by molar-refractivity contribution is 7.99. The first-order valence-corrected chi connectivity index (χ1v) is 6.99. The summed E-state index contributed by atoms with van der Waals surface area (Å²) >= 11 is 1.66. The van der Waals surface area contributed by atoms with Gasteiger partial charge in [0.2, 0.25) is 0 Å². The number of aromatic amines is 1. The summed E-state index contributed by atoms with van der Waals surface area (Å²) in [6, 6.07) is 0. The van der Waals surface area contributed by atoms with Gasteiger partial charge in [0.05, 0.1) is 0 Å². The number of hydrogen-bond donors (Lipinski definition) is 1. The highest BCUT2D eigenvalue weighted by Crippen LogP contribution is 2.25. The van der Waals surface area contributed by atoms with E-state index in [0.717, 1.165) is 30.3 Å². The quantitative estimate of drug-likeness (QED) is 0.762. The predicted molar refractivity (Wildman–Crippen MR) is 70.2 cm³/mol. The van der Waals surface area contributed by atoms with Gasteiger partial charge in [-0.15, -0.1) is 0 Å². The molecule has 0 saturated carbocycles. The van der Waals surface area contributed by atoms with E-state index in [4.69, 9.17) is 0 Å². The van der Waals surface area contributed by atoms with Gasteiger partial charge in [-0.2, -0.15) is 0 Å². The standard InChI is InChI=1S/C11H14N4O2S/c1-14-8-7(9(16)13-10(14)17)15-5-3-2-4-6-18-11(15)12-8/h2-6H2,1H3,(H,13,16,17). The van der Waals surface area contributed by atoms with E-state index < -0.39 is 5.69 Å². The van der Waals surface area contributed by atoms with Crippen LogP contribution in [0.4, 0.5) is 0 Å². The van der Waals surface area contributed by atoms with E-state index in [1.807, 2.05) is 4.57 Å². The number of aromatic nitrogens is 4. The second kappa shape index (κ2) is 4.31. The number of nitrogens with zero attached hydrogens (tertiary/aromatic N) is 3. The summed E-state index contributed by atoms with van der Waals surface area (Å²) in [6.07, 6.45) is 3.38. The second-order valence-electron chi connectivity index (χ2n) is 4.45. The first-order chi connectivity index (χ1) is 8.68. The molecule has 3 heterocycles. The predicted octanol–water partition coefficient (Wildman–Crippen LogP) is 0.699. The van der Waals surface area contributed by atoms with Gasteiger partial charge < -0.3 is 4.57 Å². The summed E-state index contributed by atoms with van der Waals surface area (Å²) in [4.78, 5) is 30.3. The number of rotatable bonds is 0. The van der Waals surface area contributed by atoms with Crippen LogP contribution >= 0.6 is 11.8 Å². The maximum Gasteiger partial charge on any atom is 0.329 e. The SMILES string of the molecule is Cn1c(=O)[nH]c(=O)c2c1nc1n2CCCCCS1. The van der Waals surface area contributed by atoms with Crippen molar-refractivity contribution in [2.45, 2.75) is 31.0 Å². The maximum absolute atomic E-state index is 11.9. The molecule has 1 N–H and O–H groups in total. The van der Waals surface area contributed by atoms with Crippen molar-refractivity contribution in [2.24, 2.45) is 7.05 Å². The number of hydrogen-bond acceptors (Lipinski definition) is 4. The molecule has 3 rings (SSSR count). The van der Waals surface area contributed by atoms with Gasteiger partial charge in [-0.3, -0.25) is 14.3 Å². The van der Waals surface area contributed by atoms with Crippen LogP contribution in [-0.4, -0.2) is 24.9 Å². The molecule has 0 fully saturated rings. The third-order valence-corrected chi connectivity index (χ3v) is 4.29. The lowest BCUT2D eigenvalue weighted by atomic mass is 10.2. The lowest BCUT2D eigenvalue weighted by molar-refractivity contribution is 0.570. The van der Waals surface area contributed by atoms with Gasteiger partial charge in [0, 0.05) is 19.3 Å². The number of thioether (sulfide) groups is 1. The number of H-pyrrole nitrogens is 1. The summed E-state index contributed by atoms with van der Waals surface area (Å²) in [5.41, 5.74) is 0.242. The minimum Gasteiger partial charge on any atom is -0.313 e. The number of imidazole rings is 1. The highest BCUT2D eigenvalue weighted by atomic mass is 32.2. The Bertz CT molecular complexity index is 712. The van der Waals surface area contributed by atoms with Crippen LogP contribution in [-0.2, 0) is 13.6 Å². The summed E-state index contributed by atoms with van der Waals surface area (Å²) in [5.74, 6) is 1.01. The molecule has 0 aliphatic carbocycles. The lowest BCUT2D eigenvalue weighted by Gasteiger charge is -2.11. The molecule has 1 aliphatic rings. The van der Waals surface area contributed by atoms with E-state index in [9.17, 15) is 9.59 Å². The van der Waals surface area contributed by atoms with Crippen molar-refractivity contribution < 1.29 is 0 Å². The molecule has 6 nitrogen and oxygen atoms in total. The molecule has 7 heteroatoms. The zero-order valence-electron chi connectivity index (χ0n) is 10.1. The van der Waals surface area contributed by atoms with Gasteiger partial charge in [-0.1, -0.05) is 18.2 Å². The van der Waals surface area contributed by atoms with Crippen molar-refractivity contribution in [3.05, 3.63) is 20.8 Å². The fraction of sp³-hybridized carbons (Fsp3) is 0.545. The topological polar surface area (TPSA) is 72.7 Å². The Morgan fingerprint density at radius 1 is 1.28 bits per heavy atom. The molecule has 96 valence electrons. The van der Waals surface area contributed by atoms with Crippen LogP contribution in [0.15, 0.2) is 14.7 Å². The molecule has 1 aliphatic heterocycles. The lowest BCUT2D eigenvalue weighted by Crippen LogP contribution is -2.29. The molecule has 0 radical (unpaired) electrons. The van der Waals surface area contributed by atoms with Crippen molar-refractivity contribution in [1.82, 2.24) is 19.1 Å². The Morgan fingerprint density at radius 3 is 2.94 bits per heavy atom. The smallest absolute Gasteiger partial charge is 0.313 e. The second-order valence-corrected chi connectivity index (χ2v) is 5.51. The van der Waals surface area contributed by atoms with Gasteiger partial charge in [-0.05, 0) is 12.8 Å². The van der Waals surface area contributed by atoms with E-state index in [2.05, 4.69) is 9.97 Å². The minimum atomic E-state index is -0.413. The molecule has 0 saturated heterocycles. The number of nitrogens with one attached hydrogen (secondary N) is 1. The minimum absolute atomic E-state index is 0.340. The summed E-state index contributed by atoms with van der Waals surface area (Å²) in [5, 5.41) is 0.844. The highest BCUT2D eigenvalue weighted by Gasteiger charge is 2.18. The van der Waals surface area contributed by atoms with Crippen LogP contribution in [0.3, 0.4) is 0 Å². The van der Waals surface area contributed by atoms with Crippen molar-refractivity contribution in [1.29, 1.82) is 0 Å². The largest absolute Gasteiger partial charge is 0.329 e. The normalized spacial score (nSPS) is 16.3. The molecule has 0 aromatic carbocycles. The van der Waals surface area contributed by atoms with Gasteiger partial charge >= 0.3 is 5.69 Å². The van der Waals surface area contributed by atoms with Gasteiger partial charge in [0.15, 0.2) is 16.3 Å². The summed E-state index contributed by atoms with van der Waals surface area (Å²) in [7, 11) is 1.63. The molecule has 2 aromatic rings. The zero-order chi connectivity index (χ0) is 12.7. The van der Waals surface area contributed by atoms with Crippen molar-refractivity contribution in [3.63, 3.8) is 0 Å². The van der Waals surface area contributed by atoms with Gasteiger partial charge in [0.1, 0.15) is 0 Å². The van der Waals surface area contributed by atoms with Crippen LogP contribution in [0.1, 0.15) is 19.3 Å². The molecular weight excluding hydrogens is 252 g/mol. The van der Waals surface area contributed by atoms with E-state index >= 15 is 0 Å². The fourth-order valence-corrected chi connectivity index (χ4v) is 3.26. The van der Waals surface area contributed by atoms with Crippen molar-refractivity contribution >= 4 is 22.9 Å². The third kappa shape index (κ3) is 1.69. The third-order valence-electron chi connectivity index (χ3n) is 3.23. The molecule has 0 atom stereocenters. The molecule has 0 bridgehead atoms. The summed E-state index contributed by atoms with van der Waals surface area (Å²) in [6.45, 7) is 0.792. The Hall–Kier alpha value is -1.50. The molecule has 18 heavy (non-hydrogen) atoms. The maximum atomic E-state index is 11.9. The Labute approximate surface area is 107 Å². The number of aryl methyl sites for hydroxylation is 2. The Morgan fingerprint density at radius 2 is 2.11 bits per heavy atom.